The van der Waals surface area contributed by atoms with Crippen LogP contribution in [0.3, 0.4) is 0 Å². The van der Waals surface area contributed by atoms with Gasteiger partial charge in [-0.1, -0.05) is 77.1 Å². The number of hydrogen-bond donors (Lipinski definition) is 0. The quantitative estimate of drug-likeness (QED) is 0.458. The second-order valence-electron chi connectivity index (χ2n) is 8.98. The highest BCUT2D eigenvalue weighted by atomic mass is 16.5. The molecule has 3 aromatic rings. The van der Waals surface area contributed by atoms with Gasteiger partial charge in [0.1, 0.15) is 6.23 Å². The third-order valence-corrected chi connectivity index (χ3v) is 7.33. The first kappa shape index (κ1) is 20.2. The lowest BCUT2D eigenvalue weighted by atomic mass is 9.77. The van der Waals surface area contributed by atoms with Crippen molar-refractivity contribution in [3.05, 3.63) is 71.4 Å². The number of fused-ring (bicyclic) bond motifs is 1. The van der Waals surface area contributed by atoms with Crippen LogP contribution in [0.1, 0.15) is 64.0 Å². The molecular formula is C27H35NO. The normalized spacial score (nSPS) is 27.4. The Morgan fingerprint density at radius 1 is 0.828 bits per heavy atom. The number of ether oxygens (including phenoxy) is 1. The van der Waals surface area contributed by atoms with Gasteiger partial charge in [-0.2, -0.15) is 0 Å². The summed E-state index contributed by atoms with van der Waals surface area (Å²) in [7, 11) is 0. The molecule has 154 valence electrons. The van der Waals surface area contributed by atoms with E-state index in [2.05, 4.69) is 93.9 Å². The lowest BCUT2D eigenvalue weighted by Gasteiger charge is -2.44. The summed E-state index contributed by atoms with van der Waals surface area (Å²) in [4.78, 5) is 0. The molecule has 0 spiro atoms. The zero-order valence-electron chi connectivity index (χ0n) is 18.6. The maximum Gasteiger partial charge on any atom is 0.137 e. The van der Waals surface area contributed by atoms with Crippen LogP contribution in [0.2, 0.25) is 0 Å². The first-order valence-electron chi connectivity index (χ1n) is 11.3. The summed E-state index contributed by atoms with van der Waals surface area (Å²) in [6.45, 7) is 11.6. The van der Waals surface area contributed by atoms with Crippen LogP contribution in [0.4, 0.5) is 0 Å². The summed E-state index contributed by atoms with van der Waals surface area (Å²) >= 11 is 0. The van der Waals surface area contributed by atoms with Gasteiger partial charge >= 0.3 is 0 Å². The maximum absolute atomic E-state index is 6.68. The molecule has 0 N–H and O–H groups in total. The Kier molecular flexibility index (Phi) is 5.83. The van der Waals surface area contributed by atoms with Crippen LogP contribution < -0.4 is 0 Å². The van der Waals surface area contributed by atoms with Gasteiger partial charge < -0.3 is 9.30 Å². The lowest BCUT2D eigenvalue weighted by molar-refractivity contribution is -0.166. The molecule has 2 aromatic carbocycles. The fourth-order valence-corrected chi connectivity index (χ4v) is 5.03. The Labute approximate surface area is 175 Å². The fourth-order valence-electron chi connectivity index (χ4n) is 5.03. The summed E-state index contributed by atoms with van der Waals surface area (Å²) in [6, 6.07) is 17.9. The van der Waals surface area contributed by atoms with E-state index in [1.807, 2.05) is 0 Å². The summed E-state index contributed by atoms with van der Waals surface area (Å²) in [5.41, 5.74) is 5.45. The fraction of sp³-hybridized carbons (Fsp3) is 0.481. The van der Waals surface area contributed by atoms with E-state index >= 15 is 0 Å². The summed E-state index contributed by atoms with van der Waals surface area (Å²) in [5, 5.41) is 1.35. The van der Waals surface area contributed by atoms with Crippen molar-refractivity contribution in [2.24, 2.45) is 17.8 Å². The van der Waals surface area contributed by atoms with E-state index in [1.165, 1.54) is 27.6 Å². The van der Waals surface area contributed by atoms with E-state index in [-0.39, 0.29) is 6.23 Å². The molecule has 1 fully saturated rings. The zero-order valence-corrected chi connectivity index (χ0v) is 18.6. The number of benzene rings is 2. The van der Waals surface area contributed by atoms with Crippen LogP contribution in [0.15, 0.2) is 54.7 Å². The van der Waals surface area contributed by atoms with Crippen LogP contribution in [-0.2, 0) is 17.6 Å². The first-order valence-corrected chi connectivity index (χ1v) is 11.3. The van der Waals surface area contributed by atoms with Gasteiger partial charge in [0.25, 0.3) is 0 Å². The van der Waals surface area contributed by atoms with E-state index in [9.17, 15) is 0 Å². The van der Waals surface area contributed by atoms with Gasteiger partial charge in [0, 0.05) is 17.5 Å². The van der Waals surface area contributed by atoms with Crippen LogP contribution in [0.5, 0.6) is 0 Å². The van der Waals surface area contributed by atoms with Crippen LogP contribution in [0.25, 0.3) is 10.9 Å². The first-order chi connectivity index (χ1) is 14.0. The maximum atomic E-state index is 6.68. The van der Waals surface area contributed by atoms with Crippen molar-refractivity contribution < 1.29 is 4.74 Å². The monoisotopic (exact) mass is 389 g/mol. The van der Waals surface area contributed by atoms with Crippen molar-refractivity contribution in [2.75, 3.05) is 0 Å². The van der Waals surface area contributed by atoms with Gasteiger partial charge in [-0.15, -0.1) is 0 Å². The number of hydrogen-bond acceptors (Lipinski definition) is 1. The highest BCUT2D eigenvalue weighted by Crippen LogP contribution is 2.43. The average molecular weight is 390 g/mol. The van der Waals surface area contributed by atoms with E-state index in [0.29, 0.717) is 23.9 Å². The minimum Gasteiger partial charge on any atom is -0.354 e. The molecule has 29 heavy (non-hydrogen) atoms. The van der Waals surface area contributed by atoms with Crippen LogP contribution in [0, 0.1) is 17.8 Å². The van der Waals surface area contributed by atoms with Crippen molar-refractivity contribution in [2.45, 2.75) is 66.2 Å². The molecule has 1 aromatic heterocycles. The molecule has 0 radical (unpaired) electrons. The summed E-state index contributed by atoms with van der Waals surface area (Å²) < 4.78 is 9.10. The molecule has 0 amide bonds. The van der Waals surface area contributed by atoms with Crippen molar-refractivity contribution in [3.8, 4) is 0 Å². The molecule has 0 bridgehead atoms. The molecule has 4 rings (SSSR count). The highest BCUT2D eigenvalue weighted by Gasteiger charge is 2.39. The standard InChI is InChI=1S/C27H35NO/c1-6-21-12-14-22(15-13-21)16-23-17-28(25-11-9-8-10-24(23)25)27-20(5)18(3)19(4)26(7-2)29-27/h8-15,17-20,26-27H,6-7,16H2,1-5H3/t18-,19-,20+,26+,27?/m0/s1. The Morgan fingerprint density at radius 2 is 1.52 bits per heavy atom. The van der Waals surface area contributed by atoms with Crippen LogP contribution >= 0.6 is 0 Å². The van der Waals surface area contributed by atoms with E-state index in [4.69, 9.17) is 4.74 Å². The van der Waals surface area contributed by atoms with Gasteiger partial charge in [0.05, 0.1) is 11.6 Å². The Balaban J connectivity index is 1.72. The van der Waals surface area contributed by atoms with Crippen LogP contribution in [-0.4, -0.2) is 10.7 Å². The molecule has 0 aliphatic carbocycles. The largest absolute Gasteiger partial charge is 0.354 e. The van der Waals surface area contributed by atoms with Crippen molar-refractivity contribution in [1.82, 2.24) is 4.57 Å². The van der Waals surface area contributed by atoms with Gasteiger partial charge in [0.2, 0.25) is 0 Å². The number of nitrogens with zero attached hydrogens (tertiary/aromatic N) is 1. The molecular weight excluding hydrogens is 354 g/mol. The number of aromatic nitrogens is 1. The molecule has 0 saturated carbocycles. The second-order valence-corrected chi connectivity index (χ2v) is 8.98. The molecule has 2 nitrogen and oxygen atoms in total. The minimum absolute atomic E-state index is 0.104. The third-order valence-electron chi connectivity index (χ3n) is 7.33. The summed E-state index contributed by atoms with van der Waals surface area (Å²) in [5.74, 6) is 1.73. The summed E-state index contributed by atoms with van der Waals surface area (Å²) in [6.07, 6.45) is 5.91. The Bertz CT molecular complexity index is 952. The van der Waals surface area contributed by atoms with E-state index in [1.54, 1.807) is 0 Å². The van der Waals surface area contributed by atoms with E-state index in [0.717, 1.165) is 19.3 Å². The lowest BCUT2D eigenvalue weighted by Crippen LogP contribution is -2.42. The van der Waals surface area contributed by atoms with E-state index < -0.39 is 0 Å². The molecule has 2 heterocycles. The molecule has 1 aliphatic heterocycles. The highest BCUT2D eigenvalue weighted by molar-refractivity contribution is 5.84. The molecule has 5 atom stereocenters. The average Bonchev–Trinajstić information content (AvgIpc) is 3.11. The van der Waals surface area contributed by atoms with Gasteiger partial charge in [-0.25, -0.2) is 0 Å². The third kappa shape index (κ3) is 3.75. The van der Waals surface area contributed by atoms with Gasteiger partial charge in [-0.3, -0.25) is 0 Å². The smallest absolute Gasteiger partial charge is 0.137 e. The van der Waals surface area contributed by atoms with Crippen molar-refractivity contribution in [1.29, 1.82) is 0 Å². The molecule has 1 saturated heterocycles. The Hall–Kier alpha value is -2.06. The predicted octanol–water partition coefficient (Wildman–Crippen LogP) is 7.01. The minimum atomic E-state index is 0.104. The number of rotatable bonds is 5. The SMILES string of the molecule is CCc1ccc(Cc2cn(C3O[C@H](CC)[C@@H](C)[C@H](C)[C@H]3C)c3ccccc23)cc1. The van der Waals surface area contributed by atoms with Gasteiger partial charge in [0.15, 0.2) is 0 Å². The molecule has 2 heteroatoms. The predicted molar refractivity (Wildman–Crippen MR) is 122 cm³/mol. The van der Waals surface area contributed by atoms with Gasteiger partial charge in [-0.05, 0) is 53.9 Å². The topological polar surface area (TPSA) is 14.2 Å². The zero-order chi connectivity index (χ0) is 20.5. The second kappa shape index (κ2) is 8.36. The number of aryl methyl sites for hydroxylation is 1. The van der Waals surface area contributed by atoms with Crippen molar-refractivity contribution in [3.63, 3.8) is 0 Å². The van der Waals surface area contributed by atoms with Crippen molar-refractivity contribution >= 4 is 10.9 Å². The number of para-hydroxylation sites is 1. The molecule has 1 aliphatic rings. The Morgan fingerprint density at radius 3 is 2.21 bits per heavy atom. The molecule has 1 unspecified atom stereocenters.